The lowest BCUT2D eigenvalue weighted by molar-refractivity contribution is 0.0597. The SMILES string of the molecule is CCNC(=NCc1ccc(OC)c(C(=O)OC)c1)NCCc1nc(C)c(C)s1. The van der Waals surface area contributed by atoms with Crippen LogP contribution in [0.5, 0.6) is 5.75 Å². The second-order valence-electron chi connectivity index (χ2n) is 6.15. The highest BCUT2D eigenvalue weighted by Crippen LogP contribution is 2.21. The predicted molar refractivity (Wildman–Crippen MR) is 112 cm³/mol. The summed E-state index contributed by atoms with van der Waals surface area (Å²) in [4.78, 5) is 22.3. The van der Waals surface area contributed by atoms with E-state index in [4.69, 9.17) is 9.47 Å². The zero-order valence-electron chi connectivity index (χ0n) is 17.1. The summed E-state index contributed by atoms with van der Waals surface area (Å²) < 4.78 is 10.0. The molecule has 2 rings (SSSR count). The van der Waals surface area contributed by atoms with Crippen molar-refractivity contribution < 1.29 is 14.3 Å². The van der Waals surface area contributed by atoms with Crippen LogP contribution in [0, 0.1) is 13.8 Å². The first-order valence-corrected chi connectivity index (χ1v) is 10.0. The Morgan fingerprint density at radius 2 is 2.04 bits per heavy atom. The van der Waals surface area contributed by atoms with Crippen LogP contribution in [0.25, 0.3) is 0 Å². The number of benzene rings is 1. The number of esters is 1. The third-order valence-electron chi connectivity index (χ3n) is 4.14. The van der Waals surface area contributed by atoms with Gasteiger partial charge < -0.3 is 20.1 Å². The number of aliphatic imine (C=N–C) groups is 1. The number of hydrogen-bond donors (Lipinski definition) is 2. The number of aryl methyl sites for hydroxylation is 2. The molecule has 0 spiro atoms. The Morgan fingerprint density at radius 1 is 1.25 bits per heavy atom. The first-order valence-electron chi connectivity index (χ1n) is 9.18. The van der Waals surface area contributed by atoms with Crippen molar-refractivity contribution >= 4 is 23.3 Å². The Hall–Kier alpha value is -2.61. The van der Waals surface area contributed by atoms with Crippen molar-refractivity contribution in [3.8, 4) is 5.75 Å². The minimum absolute atomic E-state index is 0.394. The Bertz CT molecular complexity index is 813. The van der Waals surface area contributed by atoms with E-state index in [1.165, 1.54) is 19.1 Å². The molecule has 0 amide bonds. The van der Waals surface area contributed by atoms with Gasteiger partial charge in [0, 0.05) is 24.4 Å². The highest BCUT2D eigenvalue weighted by molar-refractivity contribution is 7.11. The average Bonchev–Trinajstić information content (AvgIpc) is 3.02. The molecule has 0 aliphatic rings. The van der Waals surface area contributed by atoms with Gasteiger partial charge in [-0.05, 0) is 38.5 Å². The van der Waals surface area contributed by atoms with Crippen LogP contribution in [0.1, 0.15) is 38.4 Å². The summed E-state index contributed by atoms with van der Waals surface area (Å²) in [6.07, 6.45) is 0.846. The number of carbonyl (C=O) groups excluding carboxylic acids is 1. The van der Waals surface area contributed by atoms with Crippen LogP contribution in [-0.2, 0) is 17.7 Å². The first kappa shape index (κ1) is 21.7. The molecule has 2 aromatic rings. The van der Waals surface area contributed by atoms with Crippen LogP contribution in [0.3, 0.4) is 0 Å². The van der Waals surface area contributed by atoms with Crippen molar-refractivity contribution in [1.82, 2.24) is 15.6 Å². The number of hydrogen-bond acceptors (Lipinski definition) is 6. The van der Waals surface area contributed by atoms with Gasteiger partial charge in [0.25, 0.3) is 0 Å². The lowest BCUT2D eigenvalue weighted by Crippen LogP contribution is -2.38. The van der Waals surface area contributed by atoms with Gasteiger partial charge in [0.1, 0.15) is 11.3 Å². The zero-order chi connectivity index (χ0) is 20.5. The molecule has 0 fully saturated rings. The summed E-state index contributed by atoms with van der Waals surface area (Å²) in [5.41, 5.74) is 2.39. The molecule has 0 unspecified atom stereocenters. The number of carbonyl (C=O) groups is 1. The van der Waals surface area contributed by atoms with Crippen LogP contribution >= 0.6 is 11.3 Å². The maximum Gasteiger partial charge on any atom is 0.341 e. The van der Waals surface area contributed by atoms with E-state index >= 15 is 0 Å². The van der Waals surface area contributed by atoms with Gasteiger partial charge in [-0.1, -0.05) is 6.07 Å². The van der Waals surface area contributed by atoms with Gasteiger partial charge in [-0.2, -0.15) is 0 Å². The molecular weight excluding hydrogens is 376 g/mol. The van der Waals surface area contributed by atoms with Crippen LogP contribution in [0.15, 0.2) is 23.2 Å². The van der Waals surface area contributed by atoms with E-state index in [2.05, 4.69) is 27.5 Å². The van der Waals surface area contributed by atoms with Crippen molar-refractivity contribution in [3.63, 3.8) is 0 Å². The Labute approximate surface area is 170 Å². The van der Waals surface area contributed by atoms with Gasteiger partial charge in [0.05, 0.1) is 31.5 Å². The number of thiazole rings is 1. The molecule has 0 saturated heterocycles. The van der Waals surface area contributed by atoms with Gasteiger partial charge in [-0.3, -0.25) is 0 Å². The molecule has 0 saturated carbocycles. The highest BCUT2D eigenvalue weighted by Gasteiger charge is 2.13. The summed E-state index contributed by atoms with van der Waals surface area (Å²) in [5.74, 6) is 0.781. The number of nitrogens with one attached hydrogen (secondary N) is 2. The summed E-state index contributed by atoms with van der Waals surface area (Å²) in [5, 5.41) is 7.68. The molecule has 1 heterocycles. The number of ether oxygens (including phenoxy) is 2. The minimum atomic E-state index is -0.429. The quantitative estimate of drug-likeness (QED) is 0.400. The molecule has 7 nitrogen and oxygen atoms in total. The zero-order valence-corrected chi connectivity index (χ0v) is 17.9. The summed E-state index contributed by atoms with van der Waals surface area (Å²) in [7, 11) is 2.88. The van der Waals surface area contributed by atoms with Crippen molar-refractivity contribution in [1.29, 1.82) is 0 Å². The van der Waals surface area contributed by atoms with E-state index in [9.17, 15) is 4.79 Å². The highest BCUT2D eigenvalue weighted by atomic mass is 32.1. The second kappa shape index (κ2) is 10.7. The smallest absolute Gasteiger partial charge is 0.341 e. The molecule has 8 heteroatoms. The van der Waals surface area contributed by atoms with Crippen molar-refractivity contribution in [3.05, 3.63) is 44.9 Å². The van der Waals surface area contributed by atoms with Crippen LogP contribution < -0.4 is 15.4 Å². The number of guanidine groups is 1. The molecule has 0 radical (unpaired) electrons. The third kappa shape index (κ3) is 5.95. The number of nitrogens with zero attached hydrogens (tertiary/aromatic N) is 2. The molecule has 0 aliphatic heterocycles. The van der Waals surface area contributed by atoms with E-state index in [1.807, 2.05) is 19.9 Å². The van der Waals surface area contributed by atoms with Gasteiger partial charge in [0.15, 0.2) is 5.96 Å². The number of methoxy groups -OCH3 is 2. The van der Waals surface area contributed by atoms with Gasteiger partial charge in [-0.25, -0.2) is 14.8 Å². The molecule has 2 N–H and O–H groups in total. The molecule has 0 aliphatic carbocycles. The molecule has 1 aromatic carbocycles. The van der Waals surface area contributed by atoms with Crippen molar-refractivity contribution in [2.24, 2.45) is 4.99 Å². The molecular formula is C20H28N4O3S. The van der Waals surface area contributed by atoms with Crippen LogP contribution in [-0.4, -0.2) is 44.2 Å². The van der Waals surface area contributed by atoms with Gasteiger partial charge in [0.2, 0.25) is 0 Å². The molecule has 152 valence electrons. The third-order valence-corrected chi connectivity index (χ3v) is 5.27. The fourth-order valence-electron chi connectivity index (χ4n) is 2.57. The Morgan fingerprint density at radius 3 is 2.64 bits per heavy atom. The second-order valence-corrected chi connectivity index (χ2v) is 7.44. The number of aromatic nitrogens is 1. The maximum absolute atomic E-state index is 11.9. The molecule has 0 atom stereocenters. The molecule has 28 heavy (non-hydrogen) atoms. The monoisotopic (exact) mass is 404 g/mol. The fourth-order valence-corrected chi connectivity index (χ4v) is 3.50. The summed E-state index contributed by atoms with van der Waals surface area (Å²) in [6, 6.07) is 5.39. The van der Waals surface area contributed by atoms with E-state index in [-0.39, 0.29) is 0 Å². The standard InChI is InChI=1S/C20H28N4O3S/c1-6-21-20(22-10-9-18-24-13(2)14(3)28-18)23-12-15-7-8-17(26-4)16(11-15)19(25)27-5/h7-8,11H,6,9-10,12H2,1-5H3,(H2,21,22,23). The topological polar surface area (TPSA) is 84.8 Å². The fraction of sp³-hybridized carbons (Fsp3) is 0.450. The normalized spacial score (nSPS) is 11.2. The van der Waals surface area contributed by atoms with E-state index in [0.29, 0.717) is 17.9 Å². The van der Waals surface area contributed by atoms with Crippen LogP contribution in [0.2, 0.25) is 0 Å². The van der Waals surface area contributed by atoms with E-state index in [1.54, 1.807) is 23.5 Å². The van der Waals surface area contributed by atoms with Crippen molar-refractivity contribution in [2.75, 3.05) is 27.3 Å². The van der Waals surface area contributed by atoms with E-state index in [0.717, 1.165) is 41.7 Å². The van der Waals surface area contributed by atoms with Gasteiger partial charge >= 0.3 is 5.97 Å². The largest absolute Gasteiger partial charge is 0.496 e. The summed E-state index contributed by atoms with van der Waals surface area (Å²) >= 11 is 1.73. The average molecular weight is 405 g/mol. The lowest BCUT2D eigenvalue weighted by atomic mass is 10.1. The van der Waals surface area contributed by atoms with Gasteiger partial charge in [-0.15, -0.1) is 11.3 Å². The minimum Gasteiger partial charge on any atom is -0.496 e. The Kier molecular flexibility index (Phi) is 8.25. The summed E-state index contributed by atoms with van der Waals surface area (Å²) in [6.45, 7) is 8.08. The molecule has 1 aromatic heterocycles. The maximum atomic E-state index is 11.9. The predicted octanol–water partition coefficient (Wildman–Crippen LogP) is 2.85. The first-order chi connectivity index (χ1) is 13.5. The molecule has 0 bridgehead atoms. The lowest BCUT2D eigenvalue weighted by Gasteiger charge is -2.11. The van der Waals surface area contributed by atoms with Crippen molar-refractivity contribution in [2.45, 2.75) is 33.7 Å². The van der Waals surface area contributed by atoms with Crippen LogP contribution in [0.4, 0.5) is 0 Å². The Balaban J connectivity index is 2.02. The van der Waals surface area contributed by atoms with E-state index < -0.39 is 5.97 Å². The number of rotatable bonds is 8.